The predicted octanol–water partition coefficient (Wildman–Crippen LogP) is 21.7. The Labute approximate surface area is 512 Å². The summed E-state index contributed by atoms with van der Waals surface area (Å²) in [6.45, 7) is 10.5. The van der Waals surface area contributed by atoms with Crippen LogP contribution in [0.5, 0.6) is 23.0 Å². The summed E-state index contributed by atoms with van der Waals surface area (Å²) >= 11 is 0. The standard InChI is InChI=1S/C79H98O6/c1-5-9-13-17-19-21-23-25-27-31-59-82-69-51-43-67(44-52-69)77(80)84-71-47-37-63(38-48-71)33-35-65-41-55-73-74-56-42-66(62-76(74)79(75(73)61-65,57-29-15-11-7-3)58-30-16-12-8-4)36-34-64-39-49-72(50-40-64)85-78(81)68-45-53-70(54-46-68)83-60-32-28-26-24-22-20-18-14-10-6-2/h37-56,61-62H,5-32,57-60H2,1-4H3. The number of hydrogen-bond donors (Lipinski definition) is 0. The van der Waals surface area contributed by atoms with Crippen LogP contribution in [0.25, 0.3) is 11.1 Å². The predicted molar refractivity (Wildman–Crippen MR) is 352 cm³/mol. The van der Waals surface area contributed by atoms with E-state index in [9.17, 15) is 9.59 Å². The van der Waals surface area contributed by atoms with Gasteiger partial charge in [0.25, 0.3) is 0 Å². The summed E-state index contributed by atoms with van der Waals surface area (Å²) < 4.78 is 23.5. The summed E-state index contributed by atoms with van der Waals surface area (Å²) in [6, 6.07) is 43.0. The first-order valence-corrected chi connectivity index (χ1v) is 33.3. The quantitative estimate of drug-likeness (QED) is 0.0166. The molecule has 0 heterocycles. The van der Waals surface area contributed by atoms with Crippen LogP contribution in [0.2, 0.25) is 0 Å². The summed E-state index contributed by atoms with van der Waals surface area (Å²) in [5, 5.41) is 0. The second-order valence-electron chi connectivity index (χ2n) is 23.7. The molecule has 1 aliphatic rings. The van der Waals surface area contributed by atoms with E-state index in [1.807, 2.05) is 72.8 Å². The molecule has 0 radical (unpaired) electrons. The molecule has 0 aliphatic heterocycles. The number of rotatable bonds is 38. The molecule has 0 unspecified atom stereocenters. The number of hydrogen-bond acceptors (Lipinski definition) is 6. The maximum absolute atomic E-state index is 13.1. The fourth-order valence-corrected chi connectivity index (χ4v) is 11.8. The Balaban J connectivity index is 0.947. The van der Waals surface area contributed by atoms with Gasteiger partial charge in [0.15, 0.2) is 0 Å². The molecule has 450 valence electrons. The Bertz CT molecular complexity index is 2830. The number of benzene rings is 6. The van der Waals surface area contributed by atoms with Gasteiger partial charge >= 0.3 is 11.9 Å². The minimum absolute atomic E-state index is 0.155. The van der Waals surface area contributed by atoms with E-state index in [0.717, 1.165) is 72.3 Å². The van der Waals surface area contributed by atoms with E-state index in [4.69, 9.17) is 18.9 Å². The highest BCUT2D eigenvalue weighted by molar-refractivity contribution is 5.92. The molecule has 0 atom stereocenters. The van der Waals surface area contributed by atoms with E-state index in [2.05, 4.69) is 87.8 Å². The Kier molecular flexibility index (Phi) is 28.8. The van der Waals surface area contributed by atoms with Gasteiger partial charge in [0.1, 0.15) is 23.0 Å². The van der Waals surface area contributed by atoms with Gasteiger partial charge in [-0.2, -0.15) is 0 Å². The van der Waals surface area contributed by atoms with Crippen molar-refractivity contribution in [2.45, 2.75) is 226 Å². The zero-order valence-electron chi connectivity index (χ0n) is 52.3. The normalized spacial score (nSPS) is 11.9. The van der Waals surface area contributed by atoms with Crippen LogP contribution in [-0.2, 0) is 5.41 Å². The lowest BCUT2D eigenvalue weighted by molar-refractivity contribution is 0.0725. The zero-order valence-corrected chi connectivity index (χ0v) is 52.3. The molecule has 0 bridgehead atoms. The summed E-state index contributed by atoms with van der Waals surface area (Å²) in [6.07, 6.45) is 37.5. The van der Waals surface area contributed by atoms with Crippen molar-refractivity contribution >= 4 is 11.9 Å². The van der Waals surface area contributed by atoms with Crippen LogP contribution in [0.4, 0.5) is 0 Å². The summed E-state index contributed by atoms with van der Waals surface area (Å²) in [5.41, 5.74) is 9.78. The van der Waals surface area contributed by atoms with Crippen molar-refractivity contribution < 1.29 is 28.5 Å². The highest BCUT2D eigenvalue weighted by Gasteiger charge is 2.42. The maximum Gasteiger partial charge on any atom is 0.343 e. The molecule has 0 N–H and O–H groups in total. The number of fused-ring (bicyclic) bond motifs is 3. The van der Waals surface area contributed by atoms with Crippen molar-refractivity contribution in [1.82, 2.24) is 0 Å². The van der Waals surface area contributed by atoms with Crippen molar-refractivity contribution in [3.63, 3.8) is 0 Å². The summed E-state index contributed by atoms with van der Waals surface area (Å²) in [5.74, 6) is 15.5. The van der Waals surface area contributed by atoms with Crippen molar-refractivity contribution in [1.29, 1.82) is 0 Å². The molecule has 0 fully saturated rings. The molecule has 6 nitrogen and oxygen atoms in total. The first-order chi connectivity index (χ1) is 41.8. The van der Waals surface area contributed by atoms with Gasteiger partial charge < -0.3 is 18.9 Å². The molecule has 0 saturated carbocycles. The average molecular weight is 1140 g/mol. The highest BCUT2D eigenvalue weighted by atomic mass is 16.5. The second kappa shape index (κ2) is 37.4. The smallest absolute Gasteiger partial charge is 0.343 e. The number of carbonyl (C=O) groups excluding carboxylic acids is 2. The van der Waals surface area contributed by atoms with Gasteiger partial charge in [-0.1, -0.05) is 230 Å². The molecule has 6 heteroatoms. The van der Waals surface area contributed by atoms with Crippen molar-refractivity contribution in [3.05, 3.63) is 178 Å². The molecular formula is C79H98O6. The largest absolute Gasteiger partial charge is 0.494 e. The van der Waals surface area contributed by atoms with E-state index in [1.54, 1.807) is 24.3 Å². The number of carbonyl (C=O) groups is 2. The van der Waals surface area contributed by atoms with Gasteiger partial charge in [0, 0.05) is 27.7 Å². The minimum Gasteiger partial charge on any atom is -0.494 e. The molecule has 6 aromatic rings. The van der Waals surface area contributed by atoms with E-state index < -0.39 is 11.9 Å². The van der Waals surface area contributed by atoms with Crippen molar-refractivity contribution in [2.24, 2.45) is 0 Å². The topological polar surface area (TPSA) is 71.1 Å². The average Bonchev–Trinajstić information content (AvgIpc) is 1.70. The fraction of sp³-hybridized carbons (Fsp3) is 0.468. The number of unbranched alkanes of at least 4 members (excludes halogenated alkanes) is 24. The zero-order chi connectivity index (χ0) is 59.6. The summed E-state index contributed by atoms with van der Waals surface area (Å²) in [4.78, 5) is 26.3. The first-order valence-electron chi connectivity index (χ1n) is 33.3. The SMILES string of the molecule is CCCCCCCCCCCCOc1ccc(C(=O)Oc2ccc(C#Cc3ccc4c(c3)C(CCCCCC)(CCCCCC)c3cc(C#Cc5ccc(OC(=O)c6ccc(OCCCCCCCCCCCC)cc6)cc5)ccc3-4)cc2)cc1. The highest BCUT2D eigenvalue weighted by Crippen LogP contribution is 2.54. The second-order valence-corrected chi connectivity index (χ2v) is 23.7. The van der Waals surface area contributed by atoms with Gasteiger partial charge in [0.05, 0.1) is 24.3 Å². The Hall–Kier alpha value is -7.02. The van der Waals surface area contributed by atoms with Crippen LogP contribution in [0.1, 0.15) is 274 Å². The van der Waals surface area contributed by atoms with Crippen LogP contribution in [0, 0.1) is 23.7 Å². The lowest BCUT2D eigenvalue weighted by atomic mass is 9.70. The Morgan fingerprint density at radius 1 is 0.318 bits per heavy atom. The van der Waals surface area contributed by atoms with Crippen LogP contribution < -0.4 is 18.9 Å². The van der Waals surface area contributed by atoms with Gasteiger partial charge in [0.2, 0.25) is 0 Å². The third kappa shape index (κ3) is 21.8. The van der Waals surface area contributed by atoms with Crippen LogP contribution >= 0.6 is 0 Å². The fourth-order valence-electron chi connectivity index (χ4n) is 11.8. The van der Waals surface area contributed by atoms with Gasteiger partial charge in [-0.25, -0.2) is 9.59 Å². The van der Waals surface area contributed by atoms with Gasteiger partial charge in [-0.15, -0.1) is 0 Å². The van der Waals surface area contributed by atoms with E-state index in [-0.39, 0.29) is 5.41 Å². The lowest BCUT2D eigenvalue weighted by Crippen LogP contribution is -2.26. The van der Waals surface area contributed by atoms with Crippen LogP contribution in [0.3, 0.4) is 0 Å². The van der Waals surface area contributed by atoms with Crippen molar-refractivity contribution in [2.75, 3.05) is 13.2 Å². The molecule has 1 aliphatic carbocycles. The Morgan fingerprint density at radius 2 is 0.600 bits per heavy atom. The van der Waals surface area contributed by atoms with Crippen LogP contribution in [0.15, 0.2) is 133 Å². The molecule has 6 aromatic carbocycles. The lowest BCUT2D eigenvalue weighted by Gasteiger charge is -2.33. The molecule has 85 heavy (non-hydrogen) atoms. The number of ether oxygens (including phenoxy) is 4. The molecule has 0 spiro atoms. The summed E-state index contributed by atoms with van der Waals surface area (Å²) in [7, 11) is 0. The van der Waals surface area contributed by atoms with E-state index >= 15 is 0 Å². The molecule has 0 aromatic heterocycles. The third-order valence-corrected chi connectivity index (χ3v) is 16.8. The molecule has 7 rings (SSSR count). The van der Waals surface area contributed by atoms with Gasteiger partial charge in [-0.3, -0.25) is 0 Å². The minimum atomic E-state index is -0.407. The van der Waals surface area contributed by atoms with Crippen molar-refractivity contribution in [3.8, 4) is 57.8 Å². The monoisotopic (exact) mass is 1140 g/mol. The number of esters is 2. The maximum atomic E-state index is 13.1. The molecule has 0 saturated heterocycles. The van der Waals surface area contributed by atoms with E-state index in [0.29, 0.717) is 35.8 Å². The first kappa shape index (κ1) is 65.5. The van der Waals surface area contributed by atoms with Crippen LogP contribution in [-0.4, -0.2) is 25.2 Å². The van der Waals surface area contributed by atoms with Gasteiger partial charge in [-0.05, 0) is 169 Å². The molecular weight excluding hydrogens is 1040 g/mol. The third-order valence-electron chi connectivity index (χ3n) is 16.8. The van der Waals surface area contributed by atoms with E-state index in [1.165, 1.54) is 176 Å². The Morgan fingerprint density at radius 3 is 0.941 bits per heavy atom. The molecule has 0 amide bonds.